The molecule has 6 nitrogen and oxygen atoms in total. The van der Waals surface area contributed by atoms with Gasteiger partial charge in [0.15, 0.2) is 0 Å². The highest BCUT2D eigenvalue weighted by Crippen LogP contribution is 2.28. The van der Waals surface area contributed by atoms with E-state index in [9.17, 15) is 14.4 Å². The third-order valence-corrected chi connectivity index (χ3v) is 5.75. The van der Waals surface area contributed by atoms with Gasteiger partial charge in [0.25, 0.3) is 11.8 Å². The summed E-state index contributed by atoms with van der Waals surface area (Å²) in [7, 11) is 1.42. The third kappa shape index (κ3) is 3.10. The van der Waals surface area contributed by atoms with Crippen LogP contribution in [0.2, 0.25) is 0 Å². The highest BCUT2D eigenvalue weighted by molar-refractivity contribution is 7.15. The van der Waals surface area contributed by atoms with Crippen molar-refractivity contribution in [2.75, 3.05) is 7.05 Å². The maximum atomic E-state index is 12.4. The lowest BCUT2D eigenvalue weighted by molar-refractivity contribution is 0.0475. The van der Waals surface area contributed by atoms with E-state index in [0.717, 1.165) is 26.0 Å². The van der Waals surface area contributed by atoms with Gasteiger partial charge in [-0.05, 0) is 25.1 Å². The van der Waals surface area contributed by atoms with Crippen LogP contribution in [0.1, 0.15) is 41.6 Å². The maximum absolute atomic E-state index is 12.4. The summed E-state index contributed by atoms with van der Waals surface area (Å²) in [4.78, 5) is 42.9. The van der Waals surface area contributed by atoms with E-state index < -0.39 is 11.9 Å². The number of carbonyl (C=O) groups excluding carboxylic acids is 3. The summed E-state index contributed by atoms with van der Waals surface area (Å²) in [5, 5.41) is 0.869. The Kier molecular flexibility index (Phi) is 4.52. The number of imide groups is 1. The summed E-state index contributed by atoms with van der Waals surface area (Å²) in [6, 6.07) is 14.2. The van der Waals surface area contributed by atoms with Crippen LogP contribution in [0.3, 0.4) is 0 Å². The van der Waals surface area contributed by atoms with Crippen molar-refractivity contribution in [3.05, 3.63) is 75.8 Å². The zero-order chi connectivity index (χ0) is 19.8. The normalized spacial score (nSPS) is 13.0. The van der Waals surface area contributed by atoms with Crippen molar-refractivity contribution in [1.29, 1.82) is 0 Å². The Morgan fingerprint density at radius 2 is 1.79 bits per heavy atom. The van der Waals surface area contributed by atoms with E-state index in [1.807, 2.05) is 37.3 Å². The second-order valence-electron chi connectivity index (χ2n) is 6.40. The molecule has 140 valence electrons. The Morgan fingerprint density at radius 3 is 2.54 bits per heavy atom. The maximum Gasteiger partial charge on any atom is 0.338 e. The van der Waals surface area contributed by atoms with Gasteiger partial charge in [-0.15, -0.1) is 11.3 Å². The van der Waals surface area contributed by atoms with E-state index in [-0.39, 0.29) is 23.6 Å². The fourth-order valence-electron chi connectivity index (χ4n) is 2.97. The lowest BCUT2D eigenvalue weighted by Gasteiger charge is -2.05. The van der Waals surface area contributed by atoms with Crippen molar-refractivity contribution in [1.82, 2.24) is 9.88 Å². The number of esters is 1. The molecule has 2 heterocycles. The Hall–Kier alpha value is -3.32. The molecule has 0 saturated heterocycles. The molecule has 28 heavy (non-hydrogen) atoms. The Bertz CT molecular complexity index is 1100. The predicted octanol–water partition coefficient (Wildman–Crippen LogP) is 3.70. The number of rotatable bonds is 4. The van der Waals surface area contributed by atoms with Gasteiger partial charge in [-0.3, -0.25) is 14.5 Å². The summed E-state index contributed by atoms with van der Waals surface area (Å²) in [6.07, 6.45) is 0. The monoisotopic (exact) mass is 392 g/mol. The van der Waals surface area contributed by atoms with Gasteiger partial charge in [0.05, 0.1) is 27.3 Å². The first-order valence-electron chi connectivity index (χ1n) is 8.61. The number of aryl methyl sites for hydroxylation is 1. The molecule has 1 aliphatic heterocycles. The fourth-order valence-corrected chi connectivity index (χ4v) is 3.95. The highest BCUT2D eigenvalue weighted by Gasteiger charge is 2.33. The van der Waals surface area contributed by atoms with Gasteiger partial charge in [0, 0.05) is 12.6 Å². The minimum atomic E-state index is -0.549. The first-order valence-corrected chi connectivity index (χ1v) is 9.42. The summed E-state index contributed by atoms with van der Waals surface area (Å²) in [6.45, 7) is 1.97. The Balaban J connectivity index is 1.50. The Morgan fingerprint density at radius 1 is 1.07 bits per heavy atom. The van der Waals surface area contributed by atoms with Crippen LogP contribution in [-0.2, 0) is 11.3 Å². The molecule has 0 radical (unpaired) electrons. The molecule has 0 N–H and O–H groups in total. The number of aromatic nitrogens is 1. The van der Waals surface area contributed by atoms with Crippen molar-refractivity contribution < 1.29 is 19.1 Å². The van der Waals surface area contributed by atoms with Gasteiger partial charge in [-0.2, -0.15) is 0 Å². The van der Waals surface area contributed by atoms with Crippen molar-refractivity contribution >= 4 is 29.1 Å². The molecule has 7 heteroatoms. The van der Waals surface area contributed by atoms with E-state index in [1.165, 1.54) is 36.6 Å². The van der Waals surface area contributed by atoms with Crippen LogP contribution in [0.4, 0.5) is 0 Å². The Labute approximate surface area is 165 Å². The van der Waals surface area contributed by atoms with Crippen molar-refractivity contribution in [3.63, 3.8) is 0 Å². The molecule has 2 amide bonds. The zero-order valence-corrected chi connectivity index (χ0v) is 16.1. The first kappa shape index (κ1) is 18.1. The van der Waals surface area contributed by atoms with Crippen LogP contribution >= 0.6 is 11.3 Å². The summed E-state index contributed by atoms with van der Waals surface area (Å²) in [5.41, 5.74) is 2.59. The molecule has 1 aromatic heterocycles. The topological polar surface area (TPSA) is 76.6 Å². The lowest BCUT2D eigenvalue weighted by atomic mass is 10.1. The molecule has 0 saturated carbocycles. The van der Waals surface area contributed by atoms with Crippen LogP contribution in [0, 0.1) is 6.92 Å². The molecule has 0 aliphatic carbocycles. The number of carbonyl (C=O) groups is 3. The predicted molar refractivity (Wildman–Crippen MR) is 104 cm³/mol. The van der Waals surface area contributed by atoms with E-state index >= 15 is 0 Å². The van der Waals surface area contributed by atoms with Crippen molar-refractivity contribution in [3.8, 4) is 10.6 Å². The molecule has 4 rings (SSSR count). The number of thiazole rings is 1. The van der Waals surface area contributed by atoms with Crippen LogP contribution in [-0.4, -0.2) is 34.7 Å². The van der Waals surface area contributed by atoms with E-state index in [4.69, 9.17) is 4.74 Å². The molecule has 0 spiro atoms. The van der Waals surface area contributed by atoms with Crippen LogP contribution in [0.15, 0.2) is 48.5 Å². The van der Waals surface area contributed by atoms with E-state index in [0.29, 0.717) is 5.56 Å². The van der Waals surface area contributed by atoms with Crippen LogP contribution < -0.4 is 0 Å². The van der Waals surface area contributed by atoms with Gasteiger partial charge in [-0.1, -0.05) is 30.3 Å². The smallest absolute Gasteiger partial charge is 0.338 e. The fraction of sp³-hybridized carbons (Fsp3) is 0.143. The van der Waals surface area contributed by atoms with E-state index in [1.54, 1.807) is 0 Å². The standard InChI is InChI=1S/C21H16N2O4S/c1-12-17(28-18(22-12)13-6-4-3-5-7-13)11-27-21(26)14-8-9-15-16(10-14)20(25)23(2)19(15)24/h3-10H,11H2,1-2H3. The molecule has 1 aliphatic rings. The average Bonchev–Trinajstić information content (AvgIpc) is 3.20. The molecular formula is C21H16N2O4S. The summed E-state index contributed by atoms with van der Waals surface area (Å²) >= 11 is 1.48. The van der Waals surface area contributed by atoms with Crippen LogP contribution in [0.5, 0.6) is 0 Å². The summed E-state index contributed by atoms with van der Waals surface area (Å²) < 4.78 is 5.41. The zero-order valence-electron chi connectivity index (χ0n) is 15.3. The molecule has 0 unspecified atom stereocenters. The first-order chi connectivity index (χ1) is 13.5. The number of ether oxygens (including phenoxy) is 1. The number of hydrogen-bond donors (Lipinski definition) is 0. The third-order valence-electron chi connectivity index (χ3n) is 4.57. The van der Waals surface area contributed by atoms with Gasteiger partial charge in [0.1, 0.15) is 11.6 Å². The highest BCUT2D eigenvalue weighted by atomic mass is 32.1. The number of fused-ring (bicyclic) bond motifs is 1. The SMILES string of the molecule is Cc1nc(-c2ccccc2)sc1COC(=O)c1ccc2c(c1)C(=O)N(C)C2=O. The van der Waals surface area contributed by atoms with Crippen LogP contribution in [0.25, 0.3) is 10.6 Å². The average molecular weight is 392 g/mol. The van der Waals surface area contributed by atoms with Crippen molar-refractivity contribution in [2.45, 2.75) is 13.5 Å². The number of benzene rings is 2. The second kappa shape index (κ2) is 7.01. The number of hydrogen-bond acceptors (Lipinski definition) is 6. The minimum absolute atomic E-state index is 0.0963. The van der Waals surface area contributed by atoms with Gasteiger partial charge < -0.3 is 4.74 Å². The molecule has 2 aromatic carbocycles. The molecular weight excluding hydrogens is 376 g/mol. The molecule has 0 fully saturated rings. The molecule has 0 bridgehead atoms. The van der Waals surface area contributed by atoms with Crippen molar-refractivity contribution in [2.24, 2.45) is 0 Å². The second-order valence-corrected chi connectivity index (χ2v) is 7.48. The quantitative estimate of drug-likeness (QED) is 0.500. The number of amides is 2. The summed E-state index contributed by atoms with van der Waals surface area (Å²) in [5.74, 6) is -1.33. The lowest BCUT2D eigenvalue weighted by Crippen LogP contribution is -2.24. The largest absolute Gasteiger partial charge is 0.456 e. The number of nitrogens with zero attached hydrogens (tertiary/aromatic N) is 2. The molecule has 3 aromatic rings. The van der Waals surface area contributed by atoms with Gasteiger partial charge in [-0.25, -0.2) is 9.78 Å². The van der Waals surface area contributed by atoms with Gasteiger partial charge >= 0.3 is 5.97 Å². The minimum Gasteiger partial charge on any atom is -0.456 e. The van der Waals surface area contributed by atoms with E-state index in [2.05, 4.69) is 4.98 Å². The molecule has 0 atom stereocenters. The van der Waals surface area contributed by atoms with Gasteiger partial charge in [0.2, 0.25) is 0 Å².